The van der Waals surface area contributed by atoms with Crippen LogP contribution < -0.4 is 5.73 Å². The van der Waals surface area contributed by atoms with E-state index >= 15 is 0 Å². The van der Waals surface area contributed by atoms with Crippen LogP contribution >= 0.6 is 0 Å². The predicted molar refractivity (Wildman–Crippen MR) is 67.3 cm³/mol. The third-order valence-electron chi connectivity index (χ3n) is 4.94. The van der Waals surface area contributed by atoms with Crippen molar-refractivity contribution in [3.05, 3.63) is 35.6 Å². The Kier molecular flexibility index (Phi) is 2.51. The number of rotatable bonds is 2. The van der Waals surface area contributed by atoms with E-state index in [0.717, 1.165) is 0 Å². The van der Waals surface area contributed by atoms with E-state index in [-0.39, 0.29) is 11.2 Å². The molecule has 0 aliphatic heterocycles. The fraction of sp³-hybridized carbons (Fsp3) is 0.600. The zero-order valence-electron chi connectivity index (χ0n) is 10.2. The molecule has 1 aromatic rings. The molecule has 2 heteroatoms. The average Bonchev–Trinajstić information content (AvgIpc) is 2.76. The van der Waals surface area contributed by atoms with Crippen LogP contribution in [0.2, 0.25) is 0 Å². The first kappa shape index (κ1) is 11.2. The summed E-state index contributed by atoms with van der Waals surface area (Å²) in [4.78, 5) is 0. The van der Waals surface area contributed by atoms with Gasteiger partial charge in [0, 0.05) is 12.0 Å². The Hall–Kier alpha value is -0.890. The van der Waals surface area contributed by atoms with Gasteiger partial charge in [0.15, 0.2) is 0 Å². The molecule has 0 saturated heterocycles. The van der Waals surface area contributed by atoms with E-state index in [2.05, 4.69) is 0 Å². The van der Waals surface area contributed by atoms with Gasteiger partial charge in [-0.1, -0.05) is 25.0 Å². The SMILES string of the molecule is NCC1(c2ccc(F)cc2)CC2(CCCC2)C1. The van der Waals surface area contributed by atoms with Crippen molar-refractivity contribution in [2.45, 2.75) is 43.9 Å². The van der Waals surface area contributed by atoms with Crippen LogP contribution in [0.5, 0.6) is 0 Å². The van der Waals surface area contributed by atoms with E-state index < -0.39 is 0 Å². The van der Waals surface area contributed by atoms with Crippen LogP contribution in [0.3, 0.4) is 0 Å². The van der Waals surface area contributed by atoms with Crippen LogP contribution in [0.4, 0.5) is 4.39 Å². The van der Waals surface area contributed by atoms with E-state index in [1.54, 1.807) is 12.1 Å². The Morgan fingerprint density at radius 1 is 1.06 bits per heavy atom. The lowest BCUT2D eigenvalue weighted by Crippen LogP contribution is -2.52. The maximum Gasteiger partial charge on any atom is 0.123 e. The quantitative estimate of drug-likeness (QED) is 0.832. The number of hydrogen-bond acceptors (Lipinski definition) is 1. The van der Waals surface area contributed by atoms with E-state index in [4.69, 9.17) is 5.73 Å². The van der Waals surface area contributed by atoms with Crippen molar-refractivity contribution in [3.63, 3.8) is 0 Å². The summed E-state index contributed by atoms with van der Waals surface area (Å²) in [5, 5.41) is 0. The minimum Gasteiger partial charge on any atom is -0.330 e. The Bertz CT molecular complexity index is 395. The zero-order chi connectivity index (χ0) is 11.9. The van der Waals surface area contributed by atoms with Crippen molar-refractivity contribution in [2.75, 3.05) is 6.54 Å². The second-order valence-electron chi connectivity index (χ2n) is 6.05. The summed E-state index contributed by atoms with van der Waals surface area (Å²) in [6.07, 6.45) is 7.92. The molecule has 2 N–H and O–H groups in total. The van der Waals surface area contributed by atoms with E-state index in [0.29, 0.717) is 12.0 Å². The van der Waals surface area contributed by atoms with Gasteiger partial charge in [0.2, 0.25) is 0 Å². The smallest absolute Gasteiger partial charge is 0.123 e. The number of hydrogen-bond donors (Lipinski definition) is 1. The van der Waals surface area contributed by atoms with Crippen LogP contribution in [-0.2, 0) is 5.41 Å². The van der Waals surface area contributed by atoms with Crippen LogP contribution in [-0.4, -0.2) is 6.54 Å². The Balaban J connectivity index is 1.83. The number of halogens is 1. The van der Waals surface area contributed by atoms with Crippen molar-refractivity contribution >= 4 is 0 Å². The minimum atomic E-state index is -0.157. The fourth-order valence-electron chi connectivity index (χ4n) is 4.13. The molecule has 0 atom stereocenters. The summed E-state index contributed by atoms with van der Waals surface area (Å²) in [6.45, 7) is 0.695. The van der Waals surface area contributed by atoms with Gasteiger partial charge >= 0.3 is 0 Å². The molecule has 1 aromatic carbocycles. The minimum absolute atomic E-state index is 0.137. The van der Waals surface area contributed by atoms with Gasteiger partial charge in [-0.05, 0) is 48.8 Å². The molecule has 2 aliphatic carbocycles. The lowest BCUT2D eigenvalue weighted by molar-refractivity contribution is 0.0328. The number of nitrogens with two attached hydrogens (primary N) is 1. The van der Waals surface area contributed by atoms with E-state index in [1.165, 1.54) is 44.1 Å². The third-order valence-corrected chi connectivity index (χ3v) is 4.94. The van der Waals surface area contributed by atoms with Gasteiger partial charge in [0.1, 0.15) is 5.82 Å². The van der Waals surface area contributed by atoms with Crippen molar-refractivity contribution in [1.82, 2.24) is 0 Å². The molecular formula is C15H20FN. The van der Waals surface area contributed by atoms with Crippen molar-refractivity contribution in [3.8, 4) is 0 Å². The summed E-state index contributed by atoms with van der Waals surface area (Å²) in [7, 11) is 0. The molecule has 2 saturated carbocycles. The summed E-state index contributed by atoms with van der Waals surface area (Å²) >= 11 is 0. The largest absolute Gasteiger partial charge is 0.330 e. The molecule has 1 nitrogen and oxygen atoms in total. The highest BCUT2D eigenvalue weighted by Gasteiger charge is 2.54. The molecular weight excluding hydrogens is 213 g/mol. The highest BCUT2D eigenvalue weighted by Crippen LogP contribution is 2.62. The first-order chi connectivity index (χ1) is 8.18. The fourth-order valence-corrected chi connectivity index (χ4v) is 4.13. The molecule has 3 rings (SSSR count). The first-order valence-electron chi connectivity index (χ1n) is 6.64. The molecule has 0 heterocycles. The van der Waals surface area contributed by atoms with E-state index in [1.807, 2.05) is 12.1 Å². The molecule has 0 radical (unpaired) electrons. The second-order valence-corrected chi connectivity index (χ2v) is 6.05. The first-order valence-corrected chi connectivity index (χ1v) is 6.64. The summed E-state index contributed by atoms with van der Waals surface area (Å²) in [5.74, 6) is -0.157. The van der Waals surface area contributed by atoms with Crippen LogP contribution in [0, 0.1) is 11.2 Å². The summed E-state index contributed by atoms with van der Waals surface area (Å²) in [6, 6.07) is 6.97. The van der Waals surface area contributed by atoms with Gasteiger partial charge in [0.25, 0.3) is 0 Å². The van der Waals surface area contributed by atoms with Crippen molar-refractivity contribution < 1.29 is 4.39 Å². The average molecular weight is 233 g/mol. The normalized spacial score (nSPS) is 24.8. The monoisotopic (exact) mass is 233 g/mol. The summed E-state index contributed by atoms with van der Waals surface area (Å²) in [5.41, 5.74) is 7.95. The molecule has 17 heavy (non-hydrogen) atoms. The predicted octanol–water partition coefficient (Wildman–Crippen LogP) is 3.38. The molecule has 1 spiro atoms. The van der Waals surface area contributed by atoms with Crippen molar-refractivity contribution in [2.24, 2.45) is 11.1 Å². The Morgan fingerprint density at radius 3 is 2.18 bits per heavy atom. The van der Waals surface area contributed by atoms with Gasteiger partial charge in [-0.3, -0.25) is 0 Å². The second kappa shape index (κ2) is 3.81. The van der Waals surface area contributed by atoms with Gasteiger partial charge in [-0.25, -0.2) is 4.39 Å². The standard InChI is InChI=1S/C15H20FN/c16-13-5-3-12(4-6-13)15(11-17)9-14(10-15)7-1-2-8-14/h3-6H,1-2,7-11,17H2. The summed E-state index contributed by atoms with van der Waals surface area (Å²) < 4.78 is 13.0. The van der Waals surface area contributed by atoms with Crippen molar-refractivity contribution in [1.29, 1.82) is 0 Å². The van der Waals surface area contributed by atoms with Gasteiger partial charge in [-0.2, -0.15) is 0 Å². The van der Waals surface area contributed by atoms with Gasteiger partial charge in [0.05, 0.1) is 0 Å². The maximum atomic E-state index is 13.0. The topological polar surface area (TPSA) is 26.0 Å². The van der Waals surface area contributed by atoms with Gasteiger partial charge < -0.3 is 5.73 Å². The van der Waals surface area contributed by atoms with E-state index in [9.17, 15) is 4.39 Å². The lowest BCUT2D eigenvalue weighted by atomic mass is 9.50. The highest BCUT2D eigenvalue weighted by molar-refractivity contribution is 5.32. The molecule has 92 valence electrons. The molecule has 2 aliphatic rings. The molecule has 0 aromatic heterocycles. The Morgan fingerprint density at radius 2 is 1.65 bits per heavy atom. The number of benzene rings is 1. The third kappa shape index (κ3) is 1.70. The van der Waals surface area contributed by atoms with Gasteiger partial charge in [-0.15, -0.1) is 0 Å². The maximum absolute atomic E-state index is 13.0. The molecule has 0 unspecified atom stereocenters. The Labute approximate surface area is 102 Å². The zero-order valence-corrected chi connectivity index (χ0v) is 10.2. The van der Waals surface area contributed by atoms with Crippen LogP contribution in [0.25, 0.3) is 0 Å². The molecule has 0 amide bonds. The van der Waals surface area contributed by atoms with Crippen LogP contribution in [0.1, 0.15) is 44.1 Å². The molecule has 0 bridgehead atoms. The highest BCUT2D eigenvalue weighted by atomic mass is 19.1. The lowest BCUT2D eigenvalue weighted by Gasteiger charge is -2.55. The molecule has 2 fully saturated rings. The van der Waals surface area contributed by atoms with Crippen LogP contribution in [0.15, 0.2) is 24.3 Å².